The predicted molar refractivity (Wildman–Crippen MR) is 75.8 cm³/mol. The molecule has 0 saturated carbocycles. The Balaban J connectivity index is 2.06. The number of nitrogens with zero attached hydrogens (tertiary/aromatic N) is 1. The van der Waals surface area contributed by atoms with Crippen molar-refractivity contribution in [3.05, 3.63) is 36.0 Å². The van der Waals surface area contributed by atoms with E-state index in [9.17, 15) is 14.4 Å². The van der Waals surface area contributed by atoms with Crippen molar-refractivity contribution in [2.45, 2.75) is 0 Å². The molecule has 0 aliphatic rings. The Morgan fingerprint density at radius 3 is 2.67 bits per heavy atom. The van der Waals surface area contributed by atoms with Gasteiger partial charge in [-0.25, -0.2) is 9.59 Å². The number of amides is 3. The number of carbonyl (C=O) groups is 3. The largest absolute Gasteiger partial charge is 0.452 e. The summed E-state index contributed by atoms with van der Waals surface area (Å²) in [6, 6.07) is 6.72. The number of aromatic nitrogens is 1. The highest BCUT2D eigenvalue weighted by Gasteiger charge is 2.16. The Bertz CT molecular complexity index is 705. The fourth-order valence-electron chi connectivity index (χ4n) is 1.94. The second kappa shape index (κ2) is 6.08. The number of benzene rings is 1. The molecule has 0 saturated heterocycles. The maximum absolute atomic E-state index is 12.0. The molecule has 21 heavy (non-hydrogen) atoms. The van der Waals surface area contributed by atoms with Crippen molar-refractivity contribution in [2.24, 2.45) is 7.05 Å². The van der Waals surface area contributed by atoms with Crippen LogP contribution in [0.3, 0.4) is 0 Å². The first-order chi connectivity index (χ1) is 10.0. The zero-order valence-electron chi connectivity index (χ0n) is 11.7. The van der Waals surface area contributed by atoms with E-state index in [1.54, 1.807) is 16.8 Å². The van der Waals surface area contributed by atoms with E-state index in [2.05, 4.69) is 5.32 Å². The van der Waals surface area contributed by atoms with Crippen molar-refractivity contribution in [1.82, 2.24) is 15.2 Å². The second-order valence-electron chi connectivity index (χ2n) is 4.37. The number of para-hydroxylation sites is 1. The first-order valence-electron chi connectivity index (χ1n) is 6.25. The molecule has 7 nitrogen and oxygen atoms in total. The maximum Gasteiger partial charge on any atom is 0.340 e. The van der Waals surface area contributed by atoms with Gasteiger partial charge in [0.2, 0.25) is 0 Å². The molecule has 1 aromatic carbocycles. The lowest BCUT2D eigenvalue weighted by Gasteiger charge is -2.04. The third kappa shape index (κ3) is 3.19. The van der Waals surface area contributed by atoms with Crippen LogP contribution in [0.5, 0.6) is 0 Å². The van der Waals surface area contributed by atoms with Crippen molar-refractivity contribution in [2.75, 3.05) is 13.7 Å². The minimum absolute atomic E-state index is 0.376. The molecule has 1 aromatic heterocycles. The number of hydrogen-bond acceptors (Lipinski definition) is 4. The predicted octanol–water partition coefficient (Wildman–Crippen LogP) is 0.791. The van der Waals surface area contributed by atoms with Gasteiger partial charge in [0.1, 0.15) is 0 Å². The molecule has 0 spiro atoms. The van der Waals surface area contributed by atoms with Crippen molar-refractivity contribution in [3.8, 4) is 0 Å². The molecule has 0 unspecified atom stereocenters. The number of carbonyl (C=O) groups excluding carboxylic acids is 3. The smallest absolute Gasteiger partial charge is 0.340 e. The number of ether oxygens (including phenoxy) is 1. The summed E-state index contributed by atoms with van der Waals surface area (Å²) in [6.07, 6.45) is 1.64. The third-order valence-corrected chi connectivity index (χ3v) is 2.93. The van der Waals surface area contributed by atoms with Crippen LogP contribution < -0.4 is 10.6 Å². The number of imide groups is 1. The summed E-state index contributed by atoms with van der Waals surface area (Å²) < 4.78 is 6.71. The van der Waals surface area contributed by atoms with Crippen LogP contribution in [-0.4, -0.2) is 36.1 Å². The van der Waals surface area contributed by atoms with E-state index >= 15 is 0 Å². The van der Waals surface area contributed by atoms with E-state index in [0.29, 0.717) is 5.56 Å². The average molecular weight is 289 g/mol. The molecule has 3 amide bonds. The molecule has 0 aliphatic carbocycles. The van der Waals surface area contributed by atoms with Crippen LogP contribution in [0.25, 0.3) is 10.9 Å². The van der Waals surface area contributed by atoms with Gasteiger partial charge in [0.25, 0.3) is 5.91 Å². The number of urea groups is 1. The minimum Gasteiger partial charge on any atom is -0.452 e. The quantitative estimate of drug-likeness (QED) is 0.818. The number of esters is 1. The van der Waals surface area contributed by atoms with Gasteiger partial charge in [-0.15, -0.1) is 0 Å². The monoisotopic (exact) mass is 289 g/mol. The first kappa shape index (κ1) is 14.6. The van der Waals surface area contributed by atoms with E-state index in [1.807, 2.05) is 30.6 Å². The van der Waals surface area contributed by atoms with Gasteiger partial charge in [-0.05, 0) is 6.07 Å². The molecule has 110 valence electrons. The summed E-state index contributed by atoms with van der Waals surface area (Å²) in [5, 5.41) is 4.98. The number of hydrogen-bond donors (Lipinski definition) is 2. The van der Waals surface area contributed by atoms with E-state index in [0.717, 1.165) is 10.9 Å². The van der Waals surface area contributed by atoms with Crippen LogP contribution in [0.1, 0.15) is 10.4 Å². The van der Waals surface area contributed by atoms with Gasteiger partial charge in [-0.3, -0.25) is 10.1 Å². The zero-order chi connectivity index (χ0) is 15.4. The number of fused-ring (bicyclic) bond motifs is 1. The van der Waals surface area contributed by atoms with Gasteiger partial charge in [0.15, 0.2) is 6.61 Å². The van der Waals surface area contributed by atoms with Crippen molar-refractivity contribution in [3.63, 3.8) is 0 Å². The van der Waals surface area contributed by atoms with Gasteiger partial charge < -0.3 is 14.6 Å². The maximum atomic E-state index is 12.0. The van der Waals surface area contributed by atoms with Gasteiger partial charge >= 0.3 is 12.0 Å². The van der Waals surface area contributed by atoms with Gasteiger partial charge in [-0.1, -0.05) is 18.2 Å². The fourth-order valence-corrected chi connectivity index (χ4v) is 1.94. The fraction of sp³-hybridized carbons (Fsp3) is 0.214. The molecular weight excluding hydrogens is 274 g/mol. The number of rotatable bonds is 3. The summed E-state index contributed by atoms with van der Waals surface area (Å²) in [7, 11) is 3.20. The van der Waals surface area contributed by atoms with Crippen LogP contribution in [0.2, 0.25) is 0 Å². The molecular formula is C14H15N3O4. The molecule has 2 N–H and O–H groups in total. The SMILES string of the molecule is CNC(=O)NC(=O)COC(=O)c1cn(C)c2ccccc12. The molecule has 7 heteroatoms. The third-order valence-electron chi connectivity index (χ3n) is 2.93. The lowest BCUT2D eigenvalue weighted by Crippen LogP contribution is -2.39. The van der Waals surface area contributed by atoms with Gasteiger partial charge in [0.05, 0.1) is 5.56 Å². The lowest BCUT2D eigenvalue weighted by molar-refractivity contribution is -0.123. The van der Waals surface area contributed by atoms with Crippen LogP contribution in [0, 0.1) is 0 Å². The zero-order valence-corrected chi connectivity index (χ0v) is 11.7. The van der Waals surface area contributed by atoms with Crippen LogP contribution in [-0.2, 0) is 16.6 Å². The normalized spacial score (nSPS) is 10.2. The Morgan fingerprint density at radius 1 is 1.24 bits per heavy atom. The van der Waals surface area contributed by atoms with E-state index < -0.39 is 24.5 Å². The molecule has 0 fully saturated rings. The second-order valence-corrected chi connectivity index (χ2v) is 4.37. The Kier molecular flexibility index (Phi) is 4.22. The summed E-state index contributed by atoms with van der Waals surface area (Å²) in [4.78, 5) is 34.3. The Morgan fingerprint density at radius 2 is 1.95 bits per heavy atom. The molecule has 2 aromatic rings. The molecule has 0 atom stereocenters. The highest BCUT2D eigenvalue weighted by molar-refractivity contribution is 6.05. The number of nitrogens with one attached hydrogen (secondary N) is 2. The number of aryl methyl sites for hydroxylation is 1. The summed E-state index contributed by atoms with van der Waals surface area (Å²) in [6.45, 7) is -0.518. The average Bonchev–Trinajstić information content (AvgIpc) is 2.82. The molecule has 1 heterocycles. The van der Waals surface area contributed by atoms with Crippen molar-refractivity contribution in [1.29, 1.82) is 0 Å². The van der Waals surface area contributed by atoms with Crippen molar-refractivity contribution < 1.29 is 19.1 Å². The lowest BCUT2D eigenvalue weighted by atomic mass is 10.2. The van der Waals surface area contributed by atoms with Crippen LogP contribution in [0.15, 0.2) is 30.5 Å². The summed E-state index contributed by atoms with van der Waals surface area (Å²) in [5.41, 5.74) is 1.26. The van der Waals surface area contributed by atoms with Gasteiger partial charge in [0, 0.05) is 31.2 Å². The topological polar surface area (TPSA) is 89.4 Å². The van der Waals surface area contributed by atoms with Gasteiger partial charge in [-0.2, -0.15) is 0 Å². The Labute approximate surface area is 120 Å². The molecule has 0 radical (unpaired) electrons. The molecule has 0 bridgehead atoms. The first-order valence-corrected chi connectivity index (χ1v) is 6.25. The van der Waals surface area contributed by atoms with Crippen LogP contribution in [0.4, 0.5) is 4.79 Å². The van der Waals surface area contributed by atoms with E-state index in [4.69, 9.17) is 4.74 Å². The van der Waals surface area contributed by atoms with Crippen LogP contribution >= 0.6 is 0 Å². The van der Waals surface area contributed by atoms with E-state index in [-0.39, 0.29) is 0 Å². The highest BCUT2D eigenvalue weighted by Crippen LogP contribution is 2.20. The standard InChI is InChI=1S/C14H15N3O4/c1-15-14(20)16-12(18)8-21-13(19)10-7-17(2)11-6-4-3-5-9(10)11/h3-7H,8H2,1-2H3,(H2,15,16,18,20). The Hall–Kier alpha value is -2.83. The van der Waals surface area contributed by atoms with E-state index in [1.165, 1.54) is 7.05 Å². The molecule has 2 rings (SSSR count). The van der Waals surface area contributed by atoms with Crippen molar-refractivity contribution >= 4 is 28.8 Å². The highest BCUT2D eigenvalue weighted by atomic mass is 16.5. The summed E-state index contributed by atoms with van der Waals surface area (Å²) >= 11 is 0. The summed E-state index contributed by atoms with van der Waals surface area (Å²) in [5.74, 6) is -1.30. The minimum atomic E-state index is -0.692. The molecule has 0 aliphatic heterocycles.